The third kappa shape index (κ3) is 4.01. The molecule has 2 heterocycles. The summed E-state index contributed by atoms with van der Waals surface area (Å²) in [7, 11) is 4.12. The monoisotopic (exact) mass is 335 g/mol. The van der Waals surface area contributed by atoms with Gasteiger partial charge in [-0.2, -0.15) is 0 Å². The van der Waals surface area contributed by atoms with Crippen LogP contribution in [0.3, 0.4) is 0 Å². The standard InChI is InChI=1S/C19H33N3O2/c1-18(2)13-19(23-14-18)7-5-15(6-8-19)16-12-24-21-17(16)11-22(4)10-9-20-3/h12,15,20H,5-11,13-14H2,1-4H3/t15-,19+. The zero-order chi connectivity index (χ0) is 17.2. The van der Waals surface area contributed by atoms with Gasteiger partial charge in [0.1, 0.15) is 12.0 Å². The predicted octanol–water partition coefficient (Wildman–Crippen LogP) is 3.17. The van der Waals surface area contributed by atoms with Crippen molar-refractivity contribution < 1.29 is 9.26 Å². The van der Waals surface area contributed by atoms with Crippen LogP contribution in [-0.2, 0) is 11.3 Å². The molecule has 0 atom stereocenters. The van der Waals surface area contributed by atoms with Crippen LogP contribution < -0.4 is 5.32 Å². The SMILES string of the molecule is CNCCN(C)Cc1nocc1[C@H]1CC[C@@]2(CC1)CC(C)(C)CO2. The minimum absolute atomic E-state index is 0.140. The molecule has 0 radical (unpaired) electrons. The van der Waals surface area contributed by atoms with E-state index in [4.69, 9.17) is 9.26 Å². The molecule has 0 unspecified atom stereocenters. The van der Waals surface area contributed by atoms with Gasteiger partial charge in [-0.15, -0.1) is 0 Å². The Labute approximate surface area is 146 Å². The first-order valence-electron chi connectivity index (χ1n) is 9.33. The minimum Gasteiger partial charge on any atom is -0.374 e. The van der Waals surface area contributed by atoms with E-state index in [1.807, 2.05) is 13.3 Å². The van der Waals surface area contributed by atoms with Gasteiger partial charge in [-0.1, -0.05) is 19.0 Å². The van der Waals surface area contributed by atoms with Crippen molar-refractivity contribution in [3.05, 3.63) is 17.5 Å². The van der Waals surface area contributed by atoms with Crippen molar-refractivity contribution in [2.24, 2.45) is 5.41 Å². The van der Waals surface area contributed by atoms with E-state index < -0.39 is 0 Å². The predicted molar refractivity (Wildman–Crippen MR) is 95.1 cm³/mol. The third-order valence-corrected chi connectivity index (χ3v) is 5.75. The molecule has 5 nitrogen and oxygen atoms in total. The largest absolute Gasteiger partial charge is 0.374 e. The fourth-order valence-electron chi connectivity index (χ4n) is 4.46. The molecule has 0 bridgehead atoms. The van der Waals surface area contributed by atoms with Gasteiger partial charge in [-0.05, 0) is 57.5 Å². The molecule has 1 aromatic rings. The van der Waals surface area contributed by atoms with Crippen LogP contribution in [0.5, 0.6) is 0 Å². The summed E-state index contributed by atoms with van der Waals surface area (Å²) in [6.45, 7) is 8.42. The molecule has 0 aromatic carbocycles. The van der Waals surface area contributed by atoms with Crippen molar-refractivity contribution in [2.45, 2.75) is 64.0 Å². The number of nitrogens with zero attached hydrogens (tertiary/aromatic N) is 2. The fourth-order valence-corrected chi connectivity index (χ4v) is 4.46. The van der Waals surface area contributed by atoms with Crippen molar-refractivity contribution in [2.75, 3.05) is 33.8 Å². The van der Waals surface area contributed by atoms with Crippen molar-refractivity contribution in [3.63, 3.8) is 0 Å². The highest BCUT2D eigenvalue weighted by molar-refractivity contribution is 5.21. The van der Waals surface area contributed by atoms with Crippen LogP contribution >= 0.6 is 0 Å². The number of hydrogen-bond acceptors (Lipinski definition) is 5. The Morgan fingerprint density at radius 2 is 2.08 bits per heavy atom. The van der Waals surface area contributed by atoms with Crippen LogP contribution in [0.15, 0.2) is 10.8 Å². The van der Waals surface area contributed by atoms with Gasteiger partial charge >= 0.3 is 0 Å². The molecule has 1 N–H and O–H groups in total. The quantitative estimate of drug-likeness (QED) is 0.865. The lowest BCUT2D eigenvalue weighted by molar-refractivity contribution is -0.0294. The van der Waals surface area contributed by atoms with Crippen LogP contribution in [0.25, 0.3) is 0 Å². The Morgan fingerprint density at radius 3 is 2.71 bits per heavy atom. The zero-order valence-corrected chi connectivity index (χ0v) is 15.7. The summed E-state index contributed by atoms with van der Waals surface area (Å²) in [6.07, 6.45) is 7.79. The topological polar surface area (TPSA) is 50.5 Å². The van der Waals surface area contributed by atoms with Crippen molar-refractivity contribution in [1.82, 2.24) is 15.4 Å². The third-order valence-electron chi connectivity index (χ3n) is 5.75. The summed E-state index contributed by atoms with van der Waals surface area (Å²) >= 11 is 0. The molecule has 136 valence electrons. The molecule has 1 aliphatic heterocycles. The number of nitrogens with one attached hydrogen (secondary N) is 1. The molecule has 2 fully saturated rings. The maximum Gasteiger partial charge on any atom is 0.127 e. The summed E-state index contributed by atoms with van der Waals surface area (Å²) in [5.41, 5.74) is 2.91. The molecule has 5 heteroatoms. The van der Waals surface area contributed by atoms with Crippen molar-refractivity contribution in [1.29, 1.82) is 0 Å². The lowest BCUT2D eigenvalue weighted by Crippen LogP contribution is -2.33. The molecule has 1 saturated heterocycles. The van der Waals surface area contributed by atoms with Crippen LogP contribution in [0.2, 0.25) is 0 Å². The second-order valence-electron chi connectivity index (χ2n) is 8.64. The number of rotatable bonds is 6. The van der Waals surface area contributed by atoms with E-state index in [2.05, 4.69) is 36.3 Å². The molecular formula is C19H33N3O2. The Bertz CT molecular complexity index is 532. The second kappa shape index (κ2) is 7.14. The normalized spacial score (nSPS) is 29.6. The maximum atomic E-state index is 6.25. The molecule has 1 spiro atoms. The summed E-state index contributed by atoms with van der Waals surface area (Å²) in [6, 6.07) is 0. The molecule has 2 aliphatic rings. The van der Waals surface area contributed by atoms with Gasteiger partial charge in [0.2, 0.25) is 0 Å². The van der Waals surface area contributed by atoms with Crippen LogP contribution in [0, 0.1) is 5.41 Å². The summed E-state index contributed by atoms with van der Waals surface area (Å²) in [5, 5.41) is 7.47. The zero-order valence-electron chi connectivity index (χ0n) is 15.7. The Kier molecular flexibility index (Phi) is 5.33. The summed E-state index contributed by atoms with van der Waals surface area (Å²) in [5.74, 6) is 0.571. The smallest absolute Gasteiger partial charge is 0.127 e. The highest BCUT2D eigenvalue weighted by atomic mass is 16.5. The molecular weight excluding hydrogens is 302 g/mol. The van der Waals surface area contributed by atoms with E-state index in [9.17, 15) is 0 Å². The average Bonchev–Trinajstić information content (AvgIpc) is 3.11. The van der Waals surface area contributed by atoms with Crippen LogP contribution in [0.1, 0.15) is 63.1 Å². The van der Waals surface area contributed by atoms with Gasteiger partial charge in [-0.3, -0.25) is 4.90 Å². The van der Waals surface area contributed by atoms with Gasteiger partial charge in [0.25, 0.3) is 0 Å². The van der Waals surface area contributed by atoms with Gasteiger partial charge < -0.3 is 14.6 Å². The maximum absolute atomic E-state index is 6.25. The van der Waals surface area contributed by atoms with E-state index in [0.717, 1.165) is 31.9 Å². The summed E-state index contributed by atoms with van der Waals surface area (Å²) < 4.78 is 11.6. The van der Waals surface area contributed by atoms with Crippen molar-refractivity contribution in [3.8, 4) is 0 Å². The van der Waals surface area contributed by atoms with E-state index in [1.165, 1.54) is 37.7 Å². The number of aromatic nitrogens is 1. The Balaban J connectivity index is 1.58. The van der Waals surface area contributed by atoms with Gasteiger partial charge in [0, 0.05) is 25.2 Å². The minimum atomic E-state index is 0.140. The first-order valence-corrected chi connectivity index (χ1v) is 9.33. The molecule has 1 saturated carbocycles. The Morgan fingerprint density at radius 1 is 1.33 bits per heavy atom. The van der Waals surface area contributed by atoms with Crippen molar-refractivity contribution >= 4 is 0 Å². The van der Waals surface area contributed by atoms with Gasteiger partial charge in [0.05, 0.1) is 12.2 Å². The fraction of sp³-hybridized carbons (Fsp3) is 0.842. The first-order chi connectivity index (χ1) is 11.4. The van der Waals surface area contributed by atoms with Crippen LogP contribution in [-0.4, -0.2) is 49.4 Å². The summed E-state index contributed by atoms with van der Waals surface area (Å²) in [4.78, 5) is 2.30. The highest BCUT2D eigenvalue weighted by Gasteiger charge is 2.46. The average molecular weight is 335 g/mol. The first kappa shape index (κ1) is 17.9. The van der Waals surface area contributed by atoms with E-state index in [-0.39, 0.29) is 5.60 Å². The molecule has 1 aliphatic carbocycles. The number of hydrogen-bond donors (Lipinski definition) is 1. The lowest BCUT2D eigenvalue weighted by atomic mass is 9.72. The second-order valence-corrected chi connectivity index (χ2v) is 8.64. The van der Waals surface area contributed by atoms with E-state index in [1.54, 1.807) is 0 Å². The van der Waals surface area contributed by atoms with E-state index >= 15 is 0 Å². The molecule has 0 amide bonds. The van der Waals surface area contributed by atoms with Gasteiger partial charge in [-0.25, -0.2) is 0 Å². The molecule has 3 rings (SSSR count). The number of likely N-dealkylation sites (N-methyl/N-ethyl adjacent to an activating group) is 2. The lowest BCUT2D eigenvalue weighted by Gasteiger charge is -2.37. The molecule has 24 heavy (non-hydrogen) atoms. The highest BCUT2D eigenvalue weighted by Crippen LogP contribution is 2.50. The number of ether oxygens (including phenoxy) is 1. The Hall–Kier alpha value is -0.910. The van der Waals surface area contributed by atoms with Crippen LogP contribution in [0.4, 0.5) is 0 Å². The molecule has 1 aromatic heterocycles. The van der Waals surface area contributed by atoms with Gasteiger partial charge in [0.15, 0.2) is 0 Å². The van der Waals surface area contributed by atoms with E-state index in [0.29, 0.717) is 11.3 Å².